The number of carbonyl (C=O) groups excluding carboxylic acids is 2. The third kappa shape index (κ3) is 5.48. The number of ether oxygens (including phenoxy) is 2. The Kier molecular flexibility index (Phi) is 7.70. The molecule has 0 aliphatic carbocycles. The number of carbonyl (C=O) groups is 2. The number of benzene rings is 1. The minimum atomic E-state index is -0.965. The number of furan rings is 1. The fraction of sp³-hybridized carbons (Fsp3) is 0.407. The average molecular weight is 484 g/mol. The van der Waals surface area contributed by atoms with Crippen molar-refractivity contribution in [2.24, 2.45) is 0 Å². The Balaban J connectivity index is 1.54. The second kappa shape index (κ2) is 10.9. The van der Waals surface area contributed by atoms with Gasteiger partial charge in [0.25, 0.3) is 0 Å². The minimum Gasteiger partial charge on any atom is -0.466 e. The molecule has 0 radical (unpaired) electrons. The van der Waals surface area contributed by atoms with Crippen molar-refractivity contribution in [1.29, 1.82) is 0 Å². The maximum absolute atomic E-state index is 14.9. The van der Waals surface area contributed by atoms with E-state index < -0.39 is 23.7 Å². The molecule has 0 amide bonds. The van der Waals surface area contributed by atoms with E-state index in [1.54, 1.807) is 32.0 Å². The first kappa shape index (κ1) is 24.7. The summed E-state index contributed by atoms with van der Waals surface area (Å²) in [5.41, 5.74) is 1.51. The molecule has 1 atom stereocenters. The molecule has 7 nitrogen and oxygen atoms in total. The summed E-state index contributed by atoms with van der Waals surface area (Å²) in [7, 11) is 1.25. The standard InChI is InChI=1S/C27H31FN2O5/c1-17-23(26(31)33-3)25(21-9-5-6-10-22(21)28)24(18(2)29-17)27(32)34-16-20-12-11-19(35-20)15-30-13-7-4-8-14-30/h5-6,9-12,25,29H,4,7-8,13-16H2,1-3H3/p+1/t25-/m0/s1. The summed E-state index contributed by atoms with van der Waals surface area (Å²) < 4.78 is 31.3. The number of allylic oxidation sites excluding steroid dienone is 2. The highest BCUT2D eigenvalue weighted by molar-refractivity contribution is 5.99. The highest BCUT2D eigenvalue weighted by atomic mass is 19.1. The van der Waals surface area contributed by atoms with Crippen LogP contribution in [0.15, 0.2) is 63.4 Å². The van der Waals surface area contributed by atoms with Gasteiger partial charge >= 0.3 is 11.9 Å². The molecular formula is C27H32FN2O5+. The highest BCUT2D eigenvalue weighted by Gasteiger charge is 2.39. The Hall–Kier alpha value is -3.39. The number of esters is 2. The second-order valence-electron chi connectivity index (χ2n) is 9.08. The lowest BCUT2D eigenvalue weighted by Gasteiger charge is -2.30. The zero-order valence-electron chi connectivity index (χ0n) is 20.4. The molecule has 1 fully saturated rings. The fourth-order valence-corrected chi connectivity index (χ4v) is 4.95. The van der Waals surface area contributed by atoms with E-state index in [1.165, 1.54) is 37.3 Å². The van der Waals surface area contributed by atoms with Crippen molar-refractivity contribution in [3.05, 3.63) is 81.8 Å². The number of quaternary nitrogens is 1. The number of nitrogens with one attached hydrogen (secondary N) is 2. The van der Waals surface area contributed by atoms with Gasteiger partial charge in [-0.2, -0.15) is 0 Å². The molecule has 0 bridgehead atoms. The summed E-state index contributed by atoms with van der Waals surface area (Å²) in [6.45, 7) is 6.42. The Bertz CT molecular complexity index is 1160. The van der Waals surface area contributed by atoms with E-state index in [0.29, 0.717) is 17.2 Å². The van der Waals surface area contributed by atoms with Crippen molar-refractivity contribution >= 4 is 11.9 Å². The van der Waals surface area contributed by atoms with Gasteiger partial charge in [-0.3, -0.25) is 0 Å². The Morgan fingerprint density at radius 1 is 1.00 bits per heavy atom. The average Bonchev–Trinajstić information content (AvgIpc) is 3.30. The van der Waals surface area contributed by atoms with Crippen LogP contribution < -0.4 is 10.2 Å². The van der Waals surface area contributed by atoms with Crippen molar-refractivity contribution in [2.45, 2.75) is 52.2 Å². The zero-order valence-corrected chi connectivity index (χ0v) is 20.4. The van der Waals surface area contributed by atoms with E-state index in [0.717, 1.165) is 25.4 Å². The van der Waals surface area contributed by atoms with Crippen LogP contribution in [0.4, 0.5) is 4.39 Å². The maximum Gasteiger partial charge on any atom is 0.337 e. The van der Waals surface area contributed by atoms with Crippen LogP contribution in [0.2, 0.25) is 0 Å². The number of rotatable bonds is 7. The lowest BCUT2D eigenvalue weighted by Crippen LogP contribution is -3.11. The molecule has 1 saturated heterocycles. The normalized spacial score (nSPS) is 18.9. The molecule has 2 N–H and O–H groups in total. The van der Waals surface area contributed by atoms with Crippen LogP contribution in [0.25, 0.3) is 0 Å². The maximum atomic E-state index is 14.9. The third-order valence-corrected chi connectivity index (χ3v) is 6.65. The van der Waals surface area contributed by atoms with Crippen LogP contribution >= 0.6 is 0 Å². The van der Waals surface area contributed by atoms with Crippen LogP contribution in [0.1, 0.15) is 56.1 Å². The first-order valence-electron chi connectivity index (χ1n) is 12.0. The van der Waals surface area contributed by atoms with Crippen LogP contribution in [0, 0.1) is 5.82 Å². The van der Waals surface area contributed by atoms with E-state index in [2.05, 4.69) is 5.32 Å². The van der Waals surface area contributed by atoms with Gasteiger partial charge in [-0.1, -0.05) is 18.2 Å². The van der Waals surface area contributed by atoms with Crippen molar-refractivity contribution < 1.29 is 32.8 Å². The molecule has 2 aromatic rings. The molecular weight excluding hydrogens is 451 g/mol. The zero-order chi connectivity index (χ0) is 24.9. The molecule has 2 aliphatic rings. The van der Waals surface area contributed by atoms with Crippen molar-refractivity contribution in [3.63, 3.8) is 0 Å². The number of likely N-dealkylation sites (tertiary alicyclic amines) is 1. The monoisotopic (exact) mass is 483 g/mol. The van der Waals surface area contributed by atoms with Gasteiger partial charge in [-0.05, 0) is 51.3 Å². The van der Waals surface area contributed by atoms with Crippen LogP contribution in [-0.2, 0) is 32.2 Å². The summed E-state index contributed by atoms with van der Waals surface area (Å²) in [5, 5.41) is 3.05. The van der Waals surface area contributed by atoms with E-state index in [-0.39, 0.29) is 23.3 Å². The molecule has 1 aromatic carbocycles. The minimum absolute atomic E-state index is 0.0643. The van der Waals surface area contributed by atoms with Crippen LogP contribution in [0.3, 0.4) is 0 Å². The van der Waals surface area contributed by atoms with Crippen molar-refractivity contribution in [2.75, 3.05) is 20.2 Å². The third-order valence-electron chi connectivity index (χ3n) is 6.65. The summed E-state index contributed by atoms with van der Waals surface area (Å²) in [6.07, 6.45) is 3.74. The molecule has 0 unspecified atom stereocenters. The first-order chi connectivity index (χ1) is 16.9. The summed E-state index contributed by atoms with van der Waals surface area (Å²) in [4.78, 5) is 27.5. The summed E-state index contributed by atoms with van der Waals surface area (Å²) in [6, 6.07) is 9.81. The molecule has 35 heavy (non-hydrogen) atoms. The number of piperidine rings is 1. The molecule has 2 aliphatic heterocycles. The molecule has 186 valence electrons. The van der Waals surface area contributed by atoms with Crippen LogP contribution in [-0.4, -0.2) is 32.1 Å². The second-order valence-corrected chi connectivity index (χ2v) is 9.08. The smallest absolute Gasteiger partial charge is 0.337 e. The Morgan fingerprint density at radius 2 is 1.66 bits per heavy atom. The first-order valence-corrected chi connectivity index (χ1v) is 12.0. The van der Waals surface area contributed by atoms with Gasteiger partial charge in [0.2, 0.25) is 0 Å². The summed E-state index contributed by atoms with van der Waals surface area (Å²) in [5.74, 6) is -1.39. The number of hydrogen-bond donors (Lipinski definition) is 2. The lowest BCUT2D eigenvalue weighted by atomic mass is 9.80. The Morgan fingerprint density at radius 3 is 2.34 bits per heavy atom. The highest BCUT2D eigenvalue weighted by Crippen LogP contribution is 2.40. The van der Waals surface area contributed by atoms with Crippen molar-refractivity contribution in [1.82, 2.24) is 5.32 Å². The molecule has 0 spiro atoms. The molecule has 8 heteroatoms. The molecule has 4 rings (SSSR count). The van der Waals surface area contributed by atoms with Gasteiger partial charge < -0.3 is 24.1 Å². The van der Waals surface area contributed by atoms with E-state index in [1.807, 2.05) is 12.1 Å². The predicted octanol–water partition coefficient (Wildman–Crippen LogP) is 3.14. The van der Waals surface area contributed by atoms with E-state index in [4.69, 9.17) is 13.9 Å². The Labute approximate surface area is 204 Å². The SMILES string of the molecule is COC(=O)C1=C(C)NC(C)=C(C(=O)OCc2ccc(C[NH+]3CCCCC3)o2)[C@H]1c1ccccc1F. The molecule has 3 heterocycles. The molecule has 1 aromatic heterocycles. The number of methoxy groups -OCH3 is 1. The molecule has 0 saturated carbocycles. The van der Waals surface area contributed by atoms with E-state index >= 15 is 0 Å². The van der Waals surface area contributed by atoms with Gasteiger partial charge in [0.05, 0.1) is 37.3 Å². The van der Waals surface area contributed by atoms with Gasteiger partial charge in [0.15, 0.2) is 5.76 Å². The van der Waals surface area contributed by atoms with Gasteiger partial charge in [0, 0.05) is 17.0 Å². The quantitative estimate of drug-likeness (QED) is 0.589. The lowest BCUT2D eigenvalue weighted by molar-refractivity contribution is -0.919. The largest absolute Gasteiger partial charge is 0.466 e. The number of dihydropyridines is 1. The topological polar surface area (TPSA) is 82.2 Å². The van der Waals surface area contributed by atoms with Gasteiger partial charge in [0.1, 0.15) is 24.7 Å². The predicted molar refractivity (Wildman–Crippen MR) is 126 cm³/mol. The van der Waals surface area contributed by atoms with Gasteiger partial charge in [-0.15, -0.1) is 0 Å². The summed E-state index contributed by atoms with van der Waals surface area (Å²) >= 11 is 0. The van der Waals surface area contributed by atoms with E-state index in [9.17, 15) is 14.0 Å². The number of hydrogen-bond acceptors (Lipinski definition) is 6. The van der Waals surface area contributed by atoms with Crippen molar-refractivity contribution in [3.8, 4) is 0 Å². The fourth-order valence-electron chi connectivity index (χ4n) is 4.95. The number of halogens is 1. The van der Waals surface area contributed by atoms with Gasteiger partial charge in [-0.25, -0.2) is 14.0 Å². The van der Waals surface area contributed by atoms with Crippen LogP contribution in [0.5, 0.6) is 0 Å².